The van der Waals surface area contributed by atoms with Crippen LogP contribution < -0.4 is 5.32 Å². The Bertz CT molecular complexity index is 165. The van der Waals surface area contributed by atoms with E-state index in [0.29, 0.717) is 6.04 Å². The molecule has 0 aliphatic heterocycles. The van der Waals surface area contributed by atoms with E-state index in [0.717, 1.165) is 5.75 Å². The summed E-state index contributed by atoms with van der Waals surface area (Å²) in [6, 6.07) is 0.410. The molecule has 14 heavy (non-hydrogen) atoms. The fourth-order valence-corrected chi connectivity index (χ4v) is 2.13. The quantitative estimate of drug-likeness (QED) is 0.744. The lowest BCUT2D eigenvalue weighted by Gasteiger charge is -2.33. The molecule has 0 bridgehead atoms. The van der Waals surface area contributed by atoms with Crippen molar-refractivity contribution in [2.45, 2.75) is 57.9 Å². The summed E-state index contributed by atoms with van der Waals surface area (Å²) >= 11 is 1.88. The first-order valence-electron chi connectivity index (χ1n) is 5.21. The minimum Gasteiger partial charge on any atom is -0.394 e. The molecule has 0 amide bonds. The predicted molar refractivity (Wildman–Crippen MR) is 66.0 cm³/mol. The van der Waals surface area contributed by atoms with E-state index in [1.54, 1.807) is 0 Å². The highest BCUT2D eigenvalue weighted by Crippen LogP contribution is 2.26. The van der Waals surface area contributed by atoms with Gasteiger partial charge in [-0.05, 0) is 6.92 Å². The number of rotatable bonds is 5. The zero-order chi connectivity index (χ0) is 11.4. The highest BCUT2D eigenvalue weighted by atomic mass is 32.2. The normalized spacial score (nSPS) is 17.1. The van der Waals surface area contributed by atoms with Gasteiger partial charge in [-0.1, -0.05) is 34.6 Å². The molecule has 1 unspecified atom stereocenters. The van der Waals surface area contributed by atoms with E-state index in [4.69, 9.17) is 0 Å². The zero-order valence-corrected chi connectivity index (χ0v) is 11.2. The van der Waals surface area contributed by atoms with Crippen LogP contribution in [0.5, 0.6) is 0 Å². The Morgan fingerprint density at radius 2 is 1.71 bits per heavy atom. The maximum absolute atomic E-state index is 9.36. The van der Waals surface area contributed by atoms with Crippen LogP contribution in [0.1, 0.15) is 41.5 Å². The van der Waals surface area contributed by atoms with Gasteiger partial charge in [0.25, 0.3) is 0 Å². The van der Waals surface area contributed by atoms with Crippen LogP contribution in [-0.4, -0.2) is 33.8 Å². The van der Waals surface area contributed by atoms with Crippen LogP contribution in [0.4, 0.5) is 0 Å². The third kappa shape index (κ3) is 6.68. The second-order valence-electron chi connectivity index (χ2n) is 5.42. The van der Waals surface area contributed by atoms with Crippen molar-refractivity contribution in [3.05, 3.63) is 0 Å². The molecule has 1 atom stereocenters. The molecule has 2 N–H and O–H groups in total. The lowest BCUT2D eigenvalue weighted by Crippen LogP contribution is -2.51. The predicted octanol–water partition coefficient (Wildman–Crippen LogP) is 2.27. The second-order valence-corrected chi connectivity index (χ2v) is 7.22. The molecule has 0 saturated heterocycles. The average molecular weight is 219 g/mol. The van der Waals surface area contributed by atoms with Crippen molar-refractivity contribution in [2.75, 3.05) is 12.4 Å². The van der Waals surface area contributed by atoms with E-state index in [-0.39, 0.29) is 16.9 Å². The first kappa shape index (κ1) is 14.3. The number of aliphatic hydroxyl groups is 1. The summed E-state index contributed by atoms with van der Waals surface area (Å²) in [5.74, 6) is 0.936. The van der Waals surface area contributed by atoms with E-state index >= 15 is 0 Å². The molecular formula is C11H25NOS. The van der Waals surface area contributed by atoms with E-state index in [2.05, 4.69) is 46.9 Å². The van der Waals surface area contributed by atoms with Crippen molar-refractivity contribution < 1.29 is 5.11 Å². The van der Waals surface area contributed by atoms with Gasteiger partial charge in [0.2, 0.25) is 0 Å². The fourth-order valence-electron chi connectivity index (χ4n) is 1.21. The largest absolute Gasteiger partial charge is 0.394 e. The first-order chi connectivity index (χ1) is 6.18. The molecule has 0 spiro atoms. The van der Waals surface area contributed by atoms with Crippen LogP contribution >= 0.6 is 11.8 Å². The molecule has 0 fully saturated rings. The summed E-state index contributed by atoms with van der Waals surface area (Å²) in [7, 11) is 0. The summed E-state index contributed by atoms with van der Waals surface area (Å²) in [6.45, 7) is 13.1. The van der Waals surface area contributed by atoms with Crippen LogP contribution in [0.25, 0.3) is 0 Å². The SMILES string of the molecule is CC(C)NC(C)(CO)CSC(C)(C)C. The van der Waals surface area contributed by atoms with Crippen LogP contribution in [0.3, 0.4) is 0 Å². The van der Waals surface area contributed by atoms with E-state index in [9.17, 15) is 5.11 Å². The van der Waals surface area contributed by atoms with Gasteiger partial charge in [0, 0.05) is 22.1 Å². The van der Waals surface area contributed by atoms with E-state index in [1.165, 1.54) is 0 Å². The van der Waals surface area contributed by atoms with Crippen molar-refractivity contribution in [2.24, 2.45) is 0 Å². The summed E-state index contributed by atoms with van der Waals surface area (Å²) in [5, 5.41) is 12.8. The van der Waals surface area contributed by atoms with Crippen LogP contribution in [0.15, 0.2) is 0 Å². The van der Waals surface area contributed by atoms with Crippen molar-refractivity contribution in [3.63, 3.8) is 0 Å². The van der Waals surface area contributed by atoms with Gasteiger partial charge in [-0.3, -0.25) is 0 Å². The number of hydrogen-bond acceptors (Lipinski definition) is 3. The number of aliphatic hydroxyl groups excluding tert-OH is 1. The summed E-state index contributed by atoms with van der Waals surface area (Å²) in [6.07, 6.45) is 0. The van der Waals surface area contributed by atoms with Gasteiger partial charge in [-0.15, -0.1) is 0 Å². The Labute approximate surface area is 92.9 Å². The average Bonchev–Trinajstić information content (AvgIpc) is 1.99. The lowest BCUT2D eigenvalue weighted by atomic mass is 10.1. The monoisotopic (exact) mass is 219 g/mol. The van der Waals surface area contributed by atoms with Crippen molar-refractivity contribution in [3.8, 4) is 0 Å². The van der Waals surface area contributed by atoms with Crippen LogP contribution in [0, 0.1) is 0 Å². The molecule has 86 valence electrons. The number of hydrogen-bond donors (Lipinski definition) is 2. The molecule has 2 nitrogen and oxygen atoms in total. The van der Waals surface area contributed by atoms with Gasteiger partial charge < -0.3 is 10.4 Å². The molecule has 0 rings (SSSR count). The molecule has 0 aromatic carbocycles. The Kier molecular flexibility index (Phi) is 5.48. The minimum atomic E-state index is -0.161. The van der Waals surface area contributed by atoms with Gasteiger partial charge in [0.15, 0.2) is 0 Å². The van der Waals surface area contributed by atoms with Crippen molar-refractivity contribution >= 4 is 11.8 Å². The fraction of sp³-hybridized carbons (Fsp3) is 1.00. The van der Waals surface area contributed by atoms with Gasteiger partial charge in [0.05, 0.1) is 6.61 Å². The Morgan fingerprint density at radius 1 is 1.21 bits per heavy atom. The molecular weight excluding hydrogens is 194 g/mol. The van der Waals surface area contributed by atoms with Gasteiger partial charge in [-0.25, -0.2) is 0 Å². The summed E-state index contributed by atoms with van der Waals surface area (Å²) in [5.41, 5.74) is -0.161. The van der Waals surface area contributed by atoms with E-state index < -0.39 is 0 Å². The summed E-state index contributed by atoms with van der Waals surface area (Å²) < 4.78 is 0.259. The standard InChI is InChI=1S/C11H25NOS/c1-9(2)12-11(6,7-13)8-14-10(3,4)5/h9,12-13H,7-8H2,1-6H3. The third-order valence-electron chi connectivity index (χ3n) is 1.81. The lowest BCUT2D eigenvalue weighted by molar-refractivity contribution is 0.183. The maximum Gasteiger partial charge on any atom is 0.0618 e. The van der Waals surface area contributed by atoms with E-state index in [1.807, 2.05) is 11.8 Å². The molecule has 0 radical (unpaired) electrons. The summed E-state index contributed by atoms with van der Waals surface area (Å²) in [4.78, 5) is 0. The zero-order valence-electron chi connectivity index (χ0n) is 10.3. The topological polar surface area (TPSA) is 32.3 Å². The van der Waals surface area contributed by atoms with Crippen LogP contribution in [-0.2, 0) is 0 Å². The molecule has 0 saturated carbocycles. The molecule has 0 aliphatic carbocycles. The Balaban J connectivity index is 4.12. The highest BCUT2D eigenvalue weighted by Gasteiger charge is 2.26. The molecule has 0 aromatic heterocycles. The van der Waals surface area contributed by atoms with Crippen LogP contribution in [0.2, 0.25) is 0 Å². The van der Waals surface area contributed by atoms with Gasteiger partial charge >= 0.3 is 0 Å². The molecule has 0 aliphatic rings. The van der Waals surface area contributed by atoms with Crippen molar-refractivity contribution in [1.82, 2.24) is 5.32 Å². The molecule has 0 aromatic rings. The number of thioether (sulfide) groups is 1. The Hall–Kier alpha value is 0.270. The molecule has 0 heterocycles. The van der Waals surface area contributed by atoms with Gasteiger partial charge in [-0.2, -0.15) is 11.8 Å². The molecule has 3 heteroatoms. The Morgan fingerprint density at radius 3 is 2.00 bits per heavy atom. The van der Waals surface area contributed by atoms with Crippen molar-refractivity contribution in [1.29, 1.82) is 0 Å². The smallest absolute Gasteiger partial charge is 0.0618 e. The first-order valence-corrected chi connectivity index (χ1v) is 6.20. The number of nitrogens with one attached hydrogen (secondary N) is 1. The second kappa shape index (κ2) is 5.38. The third-order valence-corrected chi connectivity index (χ3v) is 3.46. The maximum atomic E-state index is 9.36. The minimum absolute atomic E-state index is 0.161. The highest BCUT2D eigenvalue weighted by molar-refractivity contribution is 8.00. The van der Waals surface area contributed by atoms with Gasteiger partial charge in [0.1, 0.15) is 0 Å².